The second kappa shape index (κ2) is 5.67. The Balaban J connectivity index is 2.07. The van der Waals surface area contributed by atoms with E-state index in [1.165, 1.54) is 0 Å². The number of ether oxygens (including phenoxy) is 2. The highest BCUT2D eigenvalue weighted by Crippen LogP contribution is 2.25. The van der Waals surface area contributed by atoms with Crippen LogP contribution in [0.5, 0.6) is 5.75 Å². The van der Waals surface area contributed by atoms with Gasteiger partial charge in [0.2, 0.25) is 0 Å². The lowest BCUT2D eigenvalue weighted by Gasteiger charge is -2.13. The summed E-state index contributed by atoms with van der Waals surface area (Å²) < 4.78 is 11.0. The zero-order valence-corrected chi connectivity index (χ0v) is 10.9. The monoisotopic (exact) mass is 271 g/mol. The molecule has 2 N–H and O–H groups in total. The van der Waals surface area contributed by atoms with Crippen LogP contribution in [0.4, 0.5) is 0 Å². The Kier molecular flexibility index (Phi) is 4.20. The number of hydrogen-bond acceptors (Lipinski definition) is 3. The Morgan fingerprint density at radius 2 is 2.41 bits per heavy atom. The van der Waals surface area contributed by atoms with Crippen molar-refractivity contribution in [3.63, 3.8) is 0 Å². The van der Waals surface area contributed by atoms with Gasteiger partial charge < -0.3 is 15.2 Å². The standard InChI is InChI=1S/C12H14ClNO2S/c13-9-1-2-10(12(14)17)11(5-9)16-7-8-3-4-15-6-8/h1-2,5,8H,3-4,6-7H2,(H2,14,17). The smallest absolute Gasteiger partial charge is 0.130 e. The van der Waals surface area contributed by atoms with E-state index in [1.54, 1.807) is 18.2 Å². The molecule has 92 valence electrons. The fraction of sp³-hybridized carbons (Fsp3) is 0.417. The minimum absolute atomic E-state index is 0.319. The molecule has 1 aromatic carbocycles. The van der Waals surface area contributed by atoms with Crippen LogP contribution in [0.1, 0.15) is 12.0 Å². The van der Waals surface area contributed by atoms with E-state index in [1.807, 2.05) is 0 Å². The van der Waals surface area contributed by atoms with E-state index in [-0.39, 0.29) is 0 Å². The van der Waals surface area contributed by atoms with E-state index in [0.717, 1.165) is 25.2 Å². The number of hydrogen-bond donors (Lipinski definition) is 1. The average molecular weight is 272 g/mol. The molecule has 3 nitrogen and oxygen atoms in total. The summed E-state index contributed by atoms with van der Waals surface area (Å²) in [5.74, 6) is 1.09. The van der Waals surface area contributed by atoms with E-state index >= 15 is 0 Å². The maximum absolute atomic E-state index is 5.93. The van der Waals surface area contributed by atoms with Crippen LogP contribution >= 0.6 is 23.8 Å². The van der Waals surface area contributed by atoms with Gasteiger partial charge in [0.1, 0.15) is 10.7 Å². The molecule has 0 aliphatic carbocycles. The van der Waals surface area contributed by atoms with Gasteiger partial charge in [0.15, 0.2) is 0 Å². The van der Waals surface area contributed by atoms with Crippen molar-refractivity contribution in [2.24, 2.45) is 11.7 Å². The van der Waals surface area contributed by atoms with Crippen LogP contribution in [0, 0.1) is 5.92 Å². The first-order valence-electron chi connectivity index (χ1n) is 5.46. The summed E-state index contributed by atoms with van der Waals surface area (Å²) in [4.78, 5) is 0.319. The molecule has 0 radical (unpaired) electrons. The van der Waals surface area contributed by atoms with Gasteiger partial charge in [-0.25, -0.2) is 0 Å². The fourth-order valence-electron chi connectivity index (χ4n) is 1.74. The van der Waals surface area contributed by atoms with Crippen molar-refractivity contribution in [2.75, 3.05) is 19.8 Å². The van der Waals surface area contributed by atoms with Crippen molar-refractivity contribution >= 4 is 28.8 Å². The molecule has 1 aromatic rings. The molecule has 1 saturated heterocycles. The fourth-order valence-corrected chi connectivity index (χ4v) is 2.07. The van der Waals surface area contributed by atoms with Crippen LogP contribution in [0.3, 0.4) is 0 Å². The van der Waals surface area contributed by atoms with Gasteiger partial charge in [-0.1, -0.05) is 23.8 Å². The highest BCUT2D eigenvalue weighted by atomic mass is 35.5. The third kappa shape index (κ3) is 3.31. The molecule has 1 fully saturated rings. The topological polar surface area (TPSA) is 44.5 Å². The number of thiocarbonyl (C=S) groups is 1. The third-order valence-corrected chi connectivity index (χ3v) is 3.16. The summed E-state index contributed by atoms with van der Waals surface area (Å²) in [5.41, 5.74) is 6.36. The van der Waals surface area contributed by atoms with Crippen LogP contribution in [-0.4, -0.2) is 24.8 Å². The molecule has 0 saturated carbocycles. The summed E-state index contributed by atoms with van der Waals surface area (Å²) in [6, 6.07) is 5.28. The maximum atomic E-state index is 5.93. The Hall–Kier alpha value is -0.840. The molecule has 1 atom stereocenters. The molecule has 2 rings (SSSR count). The first-order valence-corrected chi connectivity index (χ1v) is 6.25. The molecule has 1 aliphatic rings. The lowest BCUT2D eigenvalue weighted by atomic mass is 10.1. The second-order valence-electron chi connectivity index (χ2n) is 4.05. The Labute approximate surface area is 111 Å². The molecular formula is C12H14ClNO2S. The molecular weight excluding hydrogens is 258 g/mol. The van der Waals surface area contributed by atoms with Gasteiger partial charge in [0.25, 0.3) is 0 Å². The Bertz CT molecular complexity index is 419. The van der Waals surface area contributed by atoms with Crippen molar-refractivity contribution in [1.82, 2.24) is 0 Å². The van der Waals surface area contributed by atoms with E-state index in [9.17, 15) is 0 Å². The zero-order chi connectivity index (χ0) is 12.3. The van der Waals surface area contributed by atoms with Gasteiger partial charge >= 0.3 is 0 Å². The van der Waals surface area contributed by atoms with Crippen LogP contribution in [0.2, 0.25) is 5.02 Å². The van der Waals surface area contributed by atoms with Gasteiger partial charge in [-0.2, -0.15) is 0 Å². The number of rotatable bonds is 4. The quantitative estimate of drug-likeness (QED) is 0.854. The van der Waals surface area contributed by atoms with Gasteiger partial charge in [0, 0.05) is 17.5 Å². The van der Waals surface area contributed by atoms with Crippen LogP contribution in [-0.2, 0) is 4.74 Å². The molecule has 1 aliphatic heterocycles. The molecule has 0 spiro atoms. The van der Waals surface area contributed by atoms with Gasteiger partial charge in [-0.3, -0.25) is 0 Å². The van der Waals surface area contributed by atoms with Crippen molar-refractivity contribution in [3.05, 3.63) is 28.8 Å². The van der Waals surface area contributed by atoms with Crippen molar-refractivity contribution in [2.45, 2.75) is 6.42 Å². The van der Waals surface area contributed by atoms with E-state index < -0.39 is 0 Å². The SMILES string of the molecule is NC(=S)c1ccc(Cl)cc1OCC1CCOC1. The Morgan fingerprint density at radius 1 is 1.59 bits per heavy atom. The second-order valence-corrected chi connectivity index (χ2v) is 4.92. The lowest BCUT2D eigenvalue weighted by Crippen LogP contribution is -2.16. The average Bonchev–Trinajstić information content (AvgIpc) is 2.78. The number of nitrogens with two attached hydrogens (primary N) is 1. The minimum Gasteiger partial charge on any atom is -0.492 e. The van der Waals surface area contributed by atoms with Crippen molar-refractivity contribution < 1.29 is 9.47 Å². The molecule has 1 heterocycles. The molecule has 0 bridgehead atoms. The summed E-state index contributed by atoms with van der Waals surface area (Å²) in [6.07, 6.45) is 1.03. The summed E-state index contributed by atoms with van der Waals surface area (Å²) in [6.45, 7) is 2.17. The third-order valence-electron chi connectivity index (χ3n) is 2.71. The molecule has 1 unspecified atom stereocenters. The van der Waals surface area contributed by atoms with Gasteiger partial charge in [-0.05, 0) is 24.6 Å². The van der Waals surface area contributed by atoms with Crippen LogP contribution < -0.4 is 10.5 Å². The van der Waals surface area contributed by atoms with Gasteiger partial charge in [0.05, 0.1) is 18.8 Å². The summed E-state index contributed by atoms with van der Waals surface area (Å²) in [5, 5.41) is 0.614. The molecule has 17 heavy (non-hydrogen) atoms. The minimum atomic E-state index is 0.319. The highest BCUT2D eigenvalue weighted by Gasteiger charge is 2.17. The highest BCUT2D eigenvalue weighted by molar-refractivity contribution is 7.80. The normalized spacial score (nSPS) is 19.2. The first-order chi connectivity index (χ1) is 8.16. The Morgan fingerprint density at radius 3 is 3.06 bits per heavy atom. The van der Waals surface area contributed by atoms with E-state index in [0.29, 0.717) is 28.3 Å². The van der Waals surface area contributed by atoms with Crippen molar-refractivity contribution in [3.8, 4) is 5.75 Å². The van der Waals surface area contributed by atoms with E-state index in [4.69, 9.17) is 39.0 Å². The summed E-state index contributed by atoms with van der Waals surface area (Å²) in [7, 11) is 0. The lowest BCUT2D eigenvalue weighted by molar-refractivity contribution is 0.167. The number of halogens is 1. The van der Waals surface area contributed by atoms with Crippen molar-refractivity contribution in [1.29, 1.82) is 0 Å². The maximum Gasteiger partial charge on any atom is 0.130 e. The predicted molar refractivity (Wildman–Crippen MR) is 71.8 cm³/mol. The molecule has 5 heteroatoms. The predicted octanol–water partition coefficient (Wildman–Crippen LogP) is 2.39. The number of benzene rings is 1. The zero-order valence-electron chi connectivity index (χ0n) is 9.32. The van der Waals surface area contributed by atoms with Crippen LogP contribution in [0.25, 0.3) is 0 Å². The van der Waals surface area contributed by atoms with Crippen LogP contribution in [0.15, 0.2) is 18.2 Å². The van der Waals surface area contributed by atoms with Gasteiger partial charge in [-0.15, -0.1) is 0 Å². The first kappa shape index (κ1) is 12.6. The molecule has 0 amide bonds. The summed E-state index contributed by atoms with van der Waals surface area (Å²) >= 11 is 10.9. The largest absolute Gasteiger partial charge is 0.492 e. The molecule has 0 aromatic heterocycles. The van der Waals surface area contributed by atoms with E-state index in [2.05, 4.69) is 0 Å².